The number of anilines is 1. The summed E-state index contributed by atoms with van der Waals surface area (Å²) in [5.41, 5.74) is 1.81. The van der Waals surface area contributed by atoms with Crippen molar-refractivity contribution in [1.82, 2.24) is 10.2 Å². The van der Waals surface area contributed by atoms with Crippen LogP contribution in [0.25, 0.3) is 0 Å². The van der Waals surface area contributed by atoms with E-state index in [9.17, 15) is 4.39 Å². The van der Waals surface area contributed by atoms with Crippen LogP contribution in [-0.2, 0) is 6.54 Å². The van der Waals surface area contributed by atoms with Gasteiger partial charge in [0.2, 0.25) is 0 Å². The van der Waals surface area contributed by atoms with Crippen LogP contribution in [-0.4, -0.2) is 43.7 Å². The Bertz CT molecular complexity index is 477. The minimum Gasteiger partial charge on any atom is -0.368 e. The van der Waals surface area contributed by atoms with E-state index in [2.05, 4.69) is 28.1 Å². The maximum Gasteiger partial charge on any atom is 0.146 e. The fraction of sp³-hybridized carbons (Fsp3) is 0.647. The molecule has 0 saturated carbocycles. The normalized spacial score (nSPS) is 23.1. The van der Waals surface area contributed by atoms with E-state index in [1.54, 1.807) is 6.07 Å². The summed E-state index contributed by atoms with van der Waals surface area (Å²) in [5, 5.41) is 3.24. The second-order valence-corrected chi connectivity index (χ2v) is 6.20. The van der Waals surface area contributed by atoms with E-state index < -0.39 is 0 Å². The number of hydrogen-bond donors (Lipinski definition) is 1. The molecule has 21 heavy (non-hydrogen) atoms. The highest BCUT2D eigenvalue weighted by Crippen LogP contribution is 2.27. The number of nitrogens with one attached hydrogen (secondary N) is 1. The molecular formula is C17H26FN3. The van der Waals surface area contributed by atoms with Crippen LogP contribution in [0.1, 0.15) is 31.7 Å². The highest BCUT2D eigenvalue weighted by atomic mass is 19.1. The molecule has 0 spiro atoms. The molecule has 1 unspecified atom stereocenters. The lowest BCUT2D eigenvalue weighted by Crippen LogP contribution is -2.37. The van der Waals surface area contributed by atoms with E-state index >= 15 is 0 Å². The first-order valence-corrected chi connectivity index (χ1v) is 8.26. The molecule has 1 atom stereocenters. The highest BCUT2D eigenvalue weighted by molar-refractivity contribution is 5.49. The van der Waals surface area contributed by atoms with Gasteiger partial charge in [-0.25, -0.2) is 4.39 Å². The van der Waals surface area contributed by atoms with Crippen molar-refractivity contribution in [3.8, 4) is 0 Å². The van der Waals surface area contributed by atoms with Gasteiger partial charge in [-0.3, -0.25) is 4.90 Å². The van der Waals surface area contributed by atoms with E-state index in [0.29, 0.717) is 6.04 Å². The van der Waals surface area contributed by atoms with E-state index in [1.165, 1.54) is 25.9 Å². The predicted molar refractivity (Wildman–Crippen MR) is 85.2 cm³/mol. The van der Waals surface area contributed by atoms with Crippen molar-refractivity contribution in [3.05, 3.63) is 29.6 Å². The minimum absolute atomic E-state index is 0.0724. The standard InChI is InChI=1S/C17H26FN3/c1-2-19-12-14-6-7-17(16(18)11-14)21-10-4-9-20-8-3-5-15(20)13-21/h6-7,11,15,19H,2-5,8-10,12-13H2,1H3. The first-order chi connectivity index (χ1) is 10.3. The van der Waals surface area contributed by atoms with Gasteiger partial charge < -0.3 is 10.2 Å². The quantitative estimate of drug-likeness (QED) is 0.920. The molecule has 3 nitrogen and oxygen atoms in total. The topological polar surface area (TPSA) is 18.5 Å². The second-order valence-electron chi connectivity index (χ2n) is 6.20. The molecule has 2 saturated heterocycles. The van der Waals surface area contributed by atoms with Gasteiger partial charge in [0.25, 0.3) is 0 Å². The SMILES string of the molecule is CCNCc1ccc(N2CCCN3CCCC3C2)c(F)c1. The fourth-order valence-corrected chi connectivity index (χ4v) is 3.61. The lowest BCUT2D eigenvalue weighted by molar-refractivity contribution is 0.273. The smallest absolute Gasteiger partial charge is 0.146 e. The molecule has 116 valence electrons. The van der Waals surface area contributed by atoms with Crippen LogP contribution in [0, 0.1) is 5.82 Å². The van der Waals surface area contributed by atoms with Gasteiger partial charge in [0.15, 0.2) is 0 Å². The van der Waals surface area contributed by atoms with E-state index in [1.807, 2.05) is 6.07 Å². The molecule has 1 aromatic rings. The van der Waals surface area contributed by atoms with Gasteiger partial charge >= 0.3 is 0 Å². The number of hydrogen-bond acceptors (Lipinski definition) is 3. The number of fused-ring (bicyclic) bond motifs is 1. The van der Waals surface area contributed by atoms with E-state index in [-0.39, 0.29) is 5.82 Å². The van der Waals surface area contributed by atoms with Crippen molar-refractivity contribution in [2.24, 2.45) is 0 Å². The molecule has 0 aliphatic carbocycles. The molecule has 2 heterocycles. The molecule has 4 heteroatoms. The van der Waals surface area contributed by atoms with Gasteiger partial charge in [0, 0.05) is 32.2 Å². The summed E-state index contributed by atoms with van der Waals surface area (Å²) in [7, 11) is 0. The third-order valence-corrected chi connectivity index (χ3v) is 4.74. The zero-order chi connectivity index (χ0) is 14.7. The lowest BCUT2D eigenvalue weighted by Gasteiger charge is -2.27. The Morgan fingerprint density at radius 3 is 2.90 bits per heavy atom. The van der Waals surface area contributed by atoms with Crippen LogP contribution in [0.2, 0.25) is 0 Å². The third-order valence-electron chi connectivity index (χ3n) is 4.74. The minimum atomic E-state index is -0.0724. The summed E-state index contributed by atoms with van der Waals surface area (Å²) in [6, 6.07) is 6.33. The van der Waals surface area contributed by atoms with Gasteiger partial charge in [0.1, 0.15) is 5.82 Å². The van der Waals surface area contributed by atoms with Crippen LogP contribution in [0.3, 0.4) is 0 Å². The largest absolute Gasteiger partial charge is 0.368 e. The average Bonchev–Trinajstić information content (AvgIpc) is 2.83. The Morgan fingerprint density at radius 1 is 1.24 bits per heavy atom. The molecular weight excluding hydrogens is 265 g/mol. The van der Waals surface area contributed by atoms with Crippen molar-refractivity contribution in [3.63, 3.8) is 0 Å². The van der Waals surface area contributed by atoms with Crippen molar-refractivity contribution in [1.29, 1.82) is 0 Å². The first-order valence-electron chi connectivity index (χ1n) is 8.26. The maximum absolute atomic E-state index is 14.5. The Labute approximate surface area is 127 Å². The number of halogens is 1. The van der Waals surface area contributed by atoms with Gasteiger partial charge in [-0.1, -0.05) is 13.0 Å². The second kappa shape index (κ2) is 6.75. The zero-order valence-electron chi connectivity index (χ0n) is 12.9. The van der Waals surface area contributed by atoms with Crippen molar-refractivity contribution in [2.45, 2.75) is 38.8 Å². The Morgan fingerprint density at radius 2 is 2.10 bits per heavy atom. The number of benzene rings is 1. The first kappa shape index (κ1) is 14.8. The predicted octanol–water partition coefficient (Wildman–Crippen LogP) is 2.61. The van der Waals surface area contributed by atoms with Crippen molar-refractivity contribution < 1.29 is 4.39 Å². The summed E-state index contributed by atoms with van der Waals surface area (Å²) >= 11 is 0. The van der Waals surface area contributed by atoms with Gasteiger partial charge in [-0.05, 0) is 50.0 Å². The van der Waals surface area contributed by atoms with E-state index in [4.69, 9.17) is 0 Å². The molecule has 1 N–H and O–H groups in total. The summed E-state index contributed by atoms with van der Waals surface area (Å²) in [5.74, 6) is -0.0724. The summed E-state index contributed by atoms with van der Waals surface area (Å²) in [6.07, 6.45) is 3.69. The Balaban J connectivity index is 1.73. The van der Waals surface area contributed by atoms with Crippen molar-refractivity contribution in [2.75, 3.05) is 37.6 Å². The average molecular weight is 291 g/mol. The lowest BCUT2D eigenvalue weighted by atomic mass is 10.1. The zero-order valence-corrected chi connectivity index (χ0v) is 12.9. The van der Waals surface area contributed by atoms with E-state index in [0.717, 1.165) is 43.9 Å². The summed E-state index contributed by atoms with van der Waals surface area (Å²) in [6.45, 7) is 8.05. The summed E-state index contributed by atoms with van der Waals surface area (Å²) < 4.78 is 14.5. The van der Waals surface area contributed by atoms with Crippen LogP contribution >= 0.6 is 0 Å². The molecule has 0 radical (unpaired) electrons. The Hall–Kier alpha value is -1.13. The van der Waals surface area contributed by atoms with Crippen LogP contribution in [0.15, 0.2) is 18.2 Å². The van der Waals surface area contributed by atoms with Crippen LogP contribution in [0.5, 0.6) is 0 Å². The monoisotopic (exact) mass is 291 g/mol. The molecule has 1 aromatic carbocycles. The molecule has 2 aliphatic heterocycles. The molecule has 2 fully saturated rings. The summed E-state index contributed by atoms with van der Waals surface area (Å²) in [4.78, 5) is 4.83. The van der Waals surface area contributed by atoms with Gasteiger partial charge in [-0.15, -0.1) is 0 Å². The number of rotatable bonds is 4. The third kappa shape index (κ3) is 3.38. The molecule has 3 rings (SSSR count). The Kier molecular flexibility index (Phi) is 4.76. The molecule has 0 amide bonds. The van der Waals surface area contributed by atoms with Gasteiger partial charge in [0.05, 0.1) is 5.69 Å². The van der Waals surface area contributed by atoms with Crippen molar-refractivity contribution >= 4 is 5.69 Å². The number of nitrogens with zero attached hydrogens (tertiary/aromatic N) is 2. The molecule has 0 bridgehead atoms. The fourth-order valence-electron chi connectivity index (χ4n) is 3.61. The highest BCUT2D eigenvalue weighted by Gasteiger charge is 2.29. The van der Waals surface area contributed by atoms with Crippen LogP contribution in [0.4, 0.5) is 10.1 Å². The van der Waals surface area contributed by atoms with Crippen LogP contribution < -0.4 is 10.2 Å². The van der Waals surface area contributed by atoms with Gasteiger partial charge in [-0.2, -0.15) is 0 Å². The maximum atomic E-state index is 14.5. The molecule has 0 aromatic heterocycles. The molecule has 2 aliphatic rings.